The van der Waals surface area contributed by atoms with Gasteiger partial charge in [0.25, 0.3) is 0 Å². The number of hydrogen-bond donors (Lipinski definition) is 3. The number of aliphatic carboxylic acids is 2. The summed E-state index contributed by atoms with van der Waals surface area (Å²) in [7, 11) is 0. The molecule has 0 aromatic heterocycles. The maximum atomic E-state index is 12.7. The number of piperidine rings is 1. The second kappa shape index (κ2) is 10.00. The molecule has 162 valence electrons. The van der Waals surface area contributed by atoms with Gasteiger partial charge >= 0.3 is 18.0 Å². The van der Waals surface area contributed by atoms with Crippen molar-refractivity contribution in [1.29, 1.82) is 5.41 Å². The molecule has 30 heavy (non-hydrogen) atoms. The van der Waals surface area contributed by atoms with Crippen LogP contribution in [0.15, 0.2) is 30.3 Å². The molecule has 0 bridgehead atoms. The summed E-state index contributed by atoms with van der Waals surface area (Å²) in [6, 6.07) is 9.24. The number of ether oxygens (including phenoxy) is 1. The van der Waals surface area contributed by atoms with Gasteiger partial charge in [0, 0.05) is 25.4 Å². The van der Waals surface area contributed by atoms with Gasteiger partial charge in [-0.25, -0.2) is 9.59 Å². The first-order valence-electron chi connectivity index (χ1n) is 9.75. The highest BCUT2D eigenvalue weighted by molar-refractivity contribution is 6.40. The van der Waals surface area contributed by atoms with Gasteiger partial charge in [-0.2, -0.15) is 0 Å². The van der Waals surface area contributed by atoms with Crippen LogP contribution in [0.1, 0.15) is 38.2 Å². The lowest BCUT2D eigenvalue weighted by molar-refractivity contribution is -0.149. The van der Waals surface area contributed by atoms with Gasteiger partial charge in [0.15, 0.2) is 0 Å². The summed E-state index contributed by atoms with van der Waals surface area (Å²) in [5.74, 6) is -4.03. The normalized spacial score (nSPS) is 16.4. The van der Waals surface area contributed by atoms with Crippen molar-refractivity contribution in [1.82, 2.24) is 4.90 Å². The van der Waals surface area contributed by atoms with Crippen LogP contribution in [0.4, 0.5) is 4.79 Å². The summed E-state index contributed by atoms with van der Waals surface area (Å²) in [6.07, 6.45) is -0.541. The number of carboxylic acids is 2. The first kappa shape index (κ1) is 23.1. The second-order valence-electron chi connectivity index (χ2n) is 7.37. The Hall–Kier alpha value is -3.23. The largest absolute Gasteiger partial charge is 0.481 e. The molecule has 1 amide bonds. The number of carbonyl (C=O) groups excluding carboxylic acids is 2. The first-order chi connectivity index (χ1) is 14.2. The Labute approximate surface area is 174 Å². The van der Waals surface area contributed by atoms with E-state index in [0.29, 0.717) is 12.8 Å². The molecule has 1 unspecified atom stereocenters. The molecule has 1 aliphatic rings. The summed E-state index contributed by atoms with van der Waals surface area (Å²) in [4.78, 5) is 49.3. The van der Waals surface area contributed by atoms with Crippen LogP contribution < -0.4 is 0 Å². The van der Waals surface area contributed by atoms with E-state index < -0.39 is 47.3 Å². The quantitative estimate of drug-likeness (QED) is 0.523. The molecular weight excluding hydrogens is 392 g/mol. The van der Waals surface area contributed by atoms with Crippen molar-refractivity contribution >= 4 is 29.5 Å². The minimum atomic E-state index is -2.05. The Kier molecular flexibility index (Phi) is 7.68. The number of amides is 1. The van der Waals surface area contributed by atoms with E-state index in [2.05, 4.69) is 0 Å². The molecule has 2 rings (SSSR count). The fraction of sp³-hybridized carbons (Fsp3) is 0.476. The lowest BCUT2D eigenvalue weighted by Crippen LogP contribution is -2.46. The third kappa shape index (κ3) is 5.22. The van der Waals surface area contributed by atoms with Crippen molar-refractivity contribution in [2.24, 2.45) is 11.3 Å². The third-order valence-electron chi connectivity index (χ3n) is 5.59. The average Bonchev–Trinajstić information content (AvgIpc) is 2.75. The number of nitrogens with zero attached hydrogens (tertiary/aromatic N) is 1. The predicted molar refractivity (Wildman–Crippen MR) is 106 cm³/mol. The number of hydrogen-bond acceptors (Lipinski definition) is 6. The van der Waals surface area contributed by atoms with Crippen molar-refractivity contribution in [2.75, 3.05) is 13.1 Å². The van der Waals surface area contributed by atoms with Gasteiger partial charge in [0.1, 0.15) is 23.5 Å². The second-order valence-corrected chi connectivity index (χ2v) is 7.37. The number of nitrogens with one attached hydrogen (secondary N) is 1. The van der Waals surface area contributed by atoms with E-state index >= 15 is 0 Å². The molecule has 0 aliphatic carbocycles. The lowest BCUT2D eigenvalue weighted by Gasteiger charge is -2.33. The molecule has 1 heterocycles. The van der Waals surface area contributed by atoms with E-state index in [-0.39, 0.29) is 26.1 Å². The maximum absolute atomic E-state index is 12.7. The van der Waals surface area contributed by atoms with Crippen LogP contribution in [0, 0.1) is 16.7 Å². The zero-order valence-corrected chi connectivity index (χ0v) is 16.8. The van der Waals surface area contributed by atoms with Gasteiger partial charge in [0.05, 0.1) is 0 Å². The van der Waals surface area contributed by atoms with Crippen molar-refractivity contribution in [3.8, 4) is 0 Å². The van der Waals surface area contributed by atoms with E-state index in [0.717, 1.165) is 5.56 Å². The number of rotatable bonds is 9. The first-order valence-corrected chi connectivity index (χ1v) is 9.75. The molecule has 1 fully saturated rings. The van der Waals surface area contributed by atoms with E-state index in [9.17, 15) is 24.3 Å². The van der Waals surface area contributed by atoms with Gasteiger partial charge in [0.2, 0.25) is 0 Å². The Balaban J connectivity index is 1.92. The van der Waals surface area contributed by atoms with E-state index in [1.54, 1.807) is 0 Å². The highest BCUT2D eigenvalue weighted by Gasteiger charge is 2.47. The number of carboxylic acid groups (broad SMARTS) is 2. The van der Waals surface area contributed by atoms with Crippen LogP contribution in [-0.4, -0.2) is 57.7 Å². The van der Waals surface area contributed by atoms with Crippen LogP contribution in [-0.2, 0) is 25.7 Å². The minimum Gasteiger partial charge on any atom is -0.481 e. The molecule has 1 atom stereocenters. The fourth-order valence-corrected chi connectivity index (χ4v) is 3.57. The number of ketones is 1. The smallest absolute Gasteiger partial charge is 0.410 e. The summed E-state index contributed by atoms with van der Waals surface area (Å²) < 4.78 is 5.28. The zero-order chi connectivity index (χ0) is 22.3. The average molecular weight is 418 g/mol. The topological polar surface area (TPSA) is 145 Å². The summed E-state index contributed by atoms with van der Waals surface area (Å²) in [5, 5.41) is 26.3. The molecule has 1 aromatic carbocycles. The summed E-state index contributed by atoms with van der Waals surface area (Å²) >= 11 is 0. The van der Waals surface area contributed by atoms with Gasteiger partial charge in [-0.15, -0.1) is 0 Å². The molecule has 9 heteroatoms. The van der Waals surface area contributed by atoms with Crippen LogP contribution >= 0.6 is 0 Å². The van der Waals surface area contributed by atoms with E-state index in [1.807, 2.05) is 30.3 Å². The molecule has 1 saturated heterocycles. The molecule has 0 spiro atoms. The fourth-order valence-electron chi connectivity index (χ4n) is 3.57. The number of likely N-dealkylation sites (tertiary alicyclic amines) is 1. The molecule has 3 N–H and O–H groups in total. The van der Waals surface area contributed by atoms with Gasteiger partial charge in [-0.1, -0.05) is 37.3 Å². The van der Waals surface area contributed by atoms with Crippen molar-refractivity contribution < 1.29 is 34.1 Å². The SMILES string of the molecule is CCC(CC(=O)C1CCN(C(=O)OCc2ccccc2)CC1)(C(=N)C(=O)O)C(=O)O. The Morgan fingerprint density at radius 2 is 1.73 bits per heavy atom. The lowest BCUT2D eigenvalue weighted by atomic mass is 9.73. The van der Waals surface area contributed by atoms with Crippen molar-refractivity contribution in [3.63, 3.8) is 0 Å². The molecule has 0 saturated carbocycles. The highest BCUT2D eigenvalue weighted by Crippen LogP contribution is 2.32. The number of carbonyl (C=O) groups is 4. The summed E-state index contributed by atoms with van der Waals surface area (Å²) in [5.41, 5.74) is -2.18. The van der Waals surface area contributed by atoms with Gasteiger partial charge < -0.3 is 19.8 Å². The van der Waals surface area contributed by atoms with E-state index in [4.69, 9.17) is 15.3 Å². The summed E-state index contributed by atoms with van der Waals surface area (Å²) in [6.45, 7) is 2.16. The van der Waals surface area contributed by atoms with Gasteiger partial charge in [-0.3, -0.25) is 15.0 Å². The van der Waals surface area contributed by atoms with Crippen LogP contribution in [0.25, 0.3) is 0 Å². The molecule has 1 aliphatic heterocycles. The Bertz CT molecular complexity index is 816. The molecule has 0 radical (unpaired) electrons. The molecular formula is C21H26N2O7. The number of Topliss-reactive ketones (excluding diaryl/α,β-unsaturated/α-hetero) is 1. The molecule has 9 nitrogen and oxygen atoms in total. The Morgan fingerprint density at radius 1 is 1.13 bits per heavy atom. The van der Waals surface area contributed by atoms with Crippen LogP contribution in [0.3, 0.4) is 0 Å². The molecule has 1 aromatic rings. The van der Waals surface area contributed by atoms with Crippen LogP contribution in [0.5, 0.6) is 0 Å². The van der Waals surface area contributed by atoms with Crippen molar-refractivity contribution in [3.05, 3.63) is 35.9 Å². The number of benzene rings is 1. The minimum absolute atomic E-state index is 0.146. The predicted octanol–water partition coefficient (Wildman–Crippen LogP) is 2.58. The monoisotopic (exact) mass is 418 g/mol. The highest BCUT2D eigenvalue weighted by atomic mass is 16.6. The standard InChI is InChI=1S/C21H26N2O7/c1-2-21(19(27)28,17(22)18(25)26)12-16(24)15-8-10-23(11-9-15)20(29)30-13-14-6-4-3-5-7-14/h3-7,15,22H,2,8-13H2,1H3,(H,25,26)(H,27,28). The van der Waals surface area contributed by atoms with Gasteiger partial charge in [-0.05, 0) is 24.8 Å². The Morgan fingerprint density at radius 3 is 2.23 bits per heavy atom. The zero-order valence-electron chi connectivity index (χ0n) is 16.8. The van der Waals surface area contributed by atoms with Crippen molar-refractivity contribution in [2.45, 2.75) is 39.2 Å². The van der Waals surface area contributed by atoms with Crippen LogP contribution in [0.2, 0.25) is 0 Å². The maximum Gasteiger partial charge on any atom is 0.410 e. The third-order valence-corrected chi connectivity index (χ3v) is 5.59. The van der Waals surface area contributed by atoms with E-state index in [1.165, 1.54) is 11.8 Å².